The van der Waals surface area contributed by atoms with Gasteiger partial charge in [-0.3, -0.25) is 14.5 Å². The first-order chi connectivity index (χ1) is 13.4. The molecule has 0 spiro atoms. The predicted molar refractivity (Wildman–Crippen MR) is 115 cm³/mol. The molecule has 0 saturated carbocycles. The summed E-state index contributed by atoms with van der Waals surface area (Å²) in [5, 5.41) is 12.0. The van der Waals surface area contributed by atoms with Gasteiger partial charge in [0.05, 0.1) is 5.25 Å². The summed E-state index contributed by atoms with van der Waals surface area (Å²) in [5.74, 6) is -0.640. The lowest BCUT2D eigenvalue weighted by molar-refractivity contribution is -0.117. The first kappa shape index (κ1) is 20.2. The molecule has 1 aliphatic heterocycles. The second-order valence-corrected chi connectivity index (χ2v) is 8.43. The van der Waals surface area contributed by atoms with E-state index in [1.54, 1.807) is 0 Å². The Labute approximate surface area is 176 Å². The maximum atomic E-state index is 13.2. The molecule has 142 valence electrons. The zero-order valence-electron chi connectivity index (χ0n) is 15.4. The van der Waals surface area contributed by atoms with Crippen LogP contribution in [0.15, 0.2) is 63.6 Å². The number of nitrogens with one attached hydrogen (secondary N) is 1. The van der Waals surface area contributed by atoms with Crippen LogP contribution in [-0.2, 0) is 16.0 Å². The van der Waals surface area contributed by atoms with E-state index in [9.17, 15) is 14.9 Å². The number of hydrogen-bond acceptors (Lipinski definition) is 4. The number of halogens is 1. The molecule has 2 amide bonds. The lowest BCUT2D eigenvalue weighted by atomic mass is 10.1. The molecular formula is C21H18BrN3O2S. The van der Waals surface area contributed by atoms with Crippen molar-refractivity contribution in [3.63, 3.8) is 0 Å². The van der Waals surface area contributed by atoms with Crippen molar-refractivity contribution in [1.29, 1.82) is 5.26 Å². The van der Waals surface area contributed by atoms with Crippen molar-refractivity contribution >= 4 is 45.2 Å². The second-order valence-electron chi connectivity index (χ2n) is 6.32. The van der Waals surface area contributed by atoms with E-state index in [1.165, 1.54) is 23.7 Å². The van der Waals surface area contributed by atoms with Gasteiger partial charge in [0.15, 0.2) is 0 Å². The van der Waals surface area contributed by atoms with Crippen LogP contribution < -0.4 is 10.2 Å². The van der Waals surface area contributed by atoms with Crippen LogP contribution in [0.3, 0.4) is 0 Å². The van der Waals surface area contributed by atoms with Crippen LogP contribution in [0.5, 0.6) is 0 Å². The van der Waals surface area contributed by atoms with Crippen LogP contribution in [-0.4, -0.2) is 24.1 Å². The van der Waals surface area contributed by atoms with Gasteiger partial charge in [0.1, 0.15) is 16.7 Å². The van der Waals surface area contributed by atoms with Gasteiger partial charge in [-0.25, -0.2) is 0 Å². The SMILES string of the molecule is CNC(=O)C(C#N)=C1SC(Cc2cccc(Br)c2)C(=O)N1c1ccc(C)cc1. The van der Waals surface area contributed by atoms with E-state index < -0.39 is 11.2 Å². The normalized spacial score (nSPS) is 18.0. The third-order valence-corrected chi connectivity index (χ3v) is 6.09. The van der Waals surface area contributed by atoms with E-state index in [-0.39, 0.29) is 11.5 Å². The van der Waals surface area contributed by atoms with Gasteiger partial charge < -0.3 is 5.32 Å². The summed E-state index contributed by atoms with van der Waals surface area (Å²) in [5.41, 5.74) is 2.65. The molecule has 28 heavy (non-hydrogen) atoms. The maximum Gasteiger partial charge on any atom is 0.264 e. The molecule has 0 bridgehead atoms. The molecule has 1 atom stereocenters. The number of anilines is 1. The van der Waals surface area contributed by atoms with Crippen LogP contribution in [0.25, 0.3) is 0 Å². The molecule has 3 rings (SSSR count). The molecule has 1 aliphatic rings. The molecule has 0 aromatic heterocycles. The Balaban J connectivity index is 2.04. The Hall–Kier alpha value is -2.56. The van der Waals surface area contributed by atoms with Gasteiger partial charge in [0.2, 0.25) is 5.91 Å². The van der Waals surface area contributed by atoms with Gasteiger partial charge in [0.25, 0.3) is 5.91 Å². The molecule has 1 fully saturated rings. The molecule has 7 heteroatoms. The summed E-state index contributed by atoms with van der Waals surface area (Å²) < 4.78 is 0.940. The molecule has 1 N–H and O–H groups in total. The molecular weight excluding hydrogens is 438 g/mol. The first-order valence-corrected chi connectivity index (χ1v) is 10.3. The maximum absolute atomic E-state index is 13.2. The van der Waals surface area contributed by atoms with E-state index in [0.29, 0.717) is 17.1 Å². The van der Waals surface area contributed by atoms with Crippen molar-refractivity contribution in [2.24, 2.45) is 0 Å². The van der Waals surface area contributed by atoms with Crippen molar-refractivity contribution in [3.8, 4) is 6.07 Å². The topological polar surface area (TPSA) is 73.2 Å². The van der Waals surface area contributed by atoms with Gasteiger partial charge in [-0.1, -0.05) is 57.5 Å². The Bertz CT molecular complexity index is 995. The fourth-order valence-corrected chi connectivity index (χ4v) is 4.67. The van der Waals surface area contributed by atoms with E-state index in [0.717, 1.165) is 15.6 Å². The summed E-state index contributed by atoms with van der Waals surface area (Å²) >= 11 is 4.71. The highest BCUT2D eigenvalue weighted by Crippen LogP contribution is 2.42. The fraction of sp³-hybridized carbons (Fsp3) is 0.190. The average molecular weight is 456 g/mol. The number of benzene rings is 2. The largest absolute Gasteiger partial charge is 0.354 e. The standard InChI is InChI=1S/C21H18BrN3O2S/c1-13-6-8-16(9-7-13)25-20(27)18(11-14-4-3-5-15(22)10-14)28-21(25)17(12-23)19(26)24-2/h3-10,18H,11H2,1-2H3,(H,24,26). The lowest BCUT2D eigenvalue weighted by Gasteiger charge is -2.18. The van der Waals surface area contributed by atoms with E-state index in [1.807, 2.05) is 61.5 Å². The highest BCUT2D eigenvalue weighted by atomic mass is 79.9. The van der Waals surface area contributed by atoms with Gasteiger partial charge in [-0.15, -0.1) is 0 Å². The number of carbonyl (C=O) groups excluding carboxylic acids is 2. The van der Waals surface area contributed by atoms with Crippen molar-refractivity contribution in [1.82, 2.24) is 5.32 Å². The number of nitriles is 1. The van der Waals surface area contributed by atoms with Crippen molar-refractivity contribution in [2.75, 3.05) is 11.9 Å². The molecule has 1 unspecified atom stereocenters. The highest BCUT2D eigenvalue weighted by Gasteiger charge is 2.40. The molecule has 0 radical (unpaired) electrons. The number of amides is 2. The number of likely N-dealkylation sites (N-methyl/N-ethyl adjacent to an activating group) is 1. The molecule has 0 aliphatic carbocycles. The van der Waals surface area contributed by atoms with E-state index >= 15 is 0 Å². The third-order valence-electron chi connectivity index (χ3n) is 4.33. The summed E-state index contributed by atoms with van der Waals surface area (Å²) in [4.78, 5) is 27.0. The minimum Gasteiger partial charge on any atom is -0.354 e. The lowest BCUT2D eigenvalue weighted by Crippen LogP contribution is -2.31. The number of nitrogens with zero attached hydrogens (tertiary/aromatic N) is 2. The van der Waals surface area contributed by atoms with Gasteiger partial charge in [0, 0.05) is 17.2 Å². The fourth-order valence-electron chi connectivity index (χ4n) is 2.92. The quantitative estimate of drug-likeness (QED) is 0.559. The van der Waals surface area contributed by atoms with E-state index in [2.05, 4.69) is 21.2 Å². The number of thioether (sulfide) groups is 1. The number of carbonyl (C=O) groups is 2. The first-order valence-electron chi connectivity index (χ1n) is 8.62. The van der Waals surface area contributed by atoms with Gasteiger partial charge in [-0.2, -0.15) is 5.26 Å². The van der Waals surface area contributed by atoms with Crippen LogP contribution in [0.4, 0.5) is 5.69 Å². The Morgan fingerprint density at radius 2 is 2.00 bits per heavy atom. The second kappa shape index (κ2) is 8.63. The smallest absolute Gasteiger partial charge is 0.264 e. The Kier molecular flexibility index (Phi) is 6.22. The van der Waals surface area contributed by atoms with Gasteiger partial charge >= 0.3 is 0 Å². The molecule has 1 saturated heterocycles. The number of aryl methyl sites for hydroxylation is 1. The Morgan fingerprint density at radius 3 is 2.61 bits per heavy atom. The van der Waals surface area contributed by atoms with Crippen LogP contribution in [0.2, 0.25) is 0 Å². The van der Waals surface area contributed by atoms with Crippen molar-refractivity contribution in [3.05, 3.63) is 74.7 Å². The molecule has 5 nitrogen and oxygen atoms in total. The van der Waals surface area contributed by atoms with Crippen molar-refractivity contribution in [2.45, 2.75) is 18.6 Å². The number of hydrogen-bond donors (Lipinski definition) is 1. The number of rotatable bonds is 4. The highest BCUT2D eigenvalue weighted by molar-refractivity contribution is 9.10. The van der Waals surface area contributed by atoms with Crippen molar-refractivity contribution < 1.29 is 9.59 Å². The minimum atomic E-state index is -0.502. The monoisotopic (exact) mass is 455 g/mol. The van der Waals surface area contributed by atoms with Crippen LogP contribution in [0, 0.1) is 18.3 Å². The summed E-state index contributed by atoms with van der Waals surface area (Å²) in [6, 6.07) is 17.2. The minimum absolute atomic E-state index is 0.0573. The van der Waals surface area contributed by atoms with E-state index in [4.69, 9.17) is 0 Å². The summed E-state index contributed by atoms with van der Waals surface area (Å²) in [7, 11) is 1.47. The molecule has 1 heterocycles. The zero-order valence-corrected chi connectivity index (χ0v) is 17.8. The van der Waals surface area contributed by atoms with Gasteiger partial charge in [-0.05, 0) is 43.2 Å². The molecule has 2 aromatic rings. The Morgan fingerprint density at radius 1 is 1.29 bits per heavy atom. The summed E-state index contributed by atoms with van der Waals surface area (Å²) in [6.45, 7) is 1.96. The third kappa shape index (κ3) is 4.13. The zero-order chi connectivity index (χ0) is 20.3. The predicted octanol–water partition coefficient (Wildman–Crippen LogP) is 3.93. The van der Waals surface area contributed by atoms with Crippen LogP contribution >= 0.6 is 27.7 Å². The van der Waals surface area contributed by atoms with Crippen LogP contribution in [0.1, 0.15) is 11.1 Å². The summed E-state index contributed by atoms with van der Waals surface area (Å²) in [6.07, 6.45) is 0.501. The molecule has 2 aromatic carbocycles. The average Bonchev–Trinajstić information content (AvgIpc) is 2.99.